The Morgan fingerprint density at radius 2 is 2.47 bits per heavy atom. The molecule has 2 heterocycles. The molecule has 100 valence electrons. The minimum absolute atomic E-state index is 0.0334. The summed E-state index contributed by atoms with van der Waals surface area (Å²) in [6.45, 7) is 5.85. The van der Waals surface area contributed by atoms with Crippen LogP contribution >= 0.6 is 22.9 Å². The SMILES string of the molecule is C=CCn1ncc(NC(C)c2nccs2)c(Cl)c1=O. The zero-order valence-electron chi connectivity index (χ0n) is 10.3. The van der Waals surface area contributed by atoms with Crippen molar-refractivity contribution in [1.82, 2.24) is 14.8 Å². The number of hydrogen-bond donors (Lipinski definition) is 1. The predicted octanol–water partition coefficient (Wildman–Crippen LogP) is 2.71. The van der Waals surface area contributed by atoms with E-state index in [0.717, 1.165) is 5.01 Å². The van der Waals surface area contributed by atoms with Crippen LogP contribution in [0.15, 0.2) is 35.2 Å². The van der Waals surface area contributed by atoms with Crippen molar-refractivity contribution in [3.05, 3.63) is 50.8 Å². The standard InChI is InChI=1S/C12H13ClN4OS/c1-3-5-17-12(18)10(13)9(7-15-17)16-8(2)11-14-4-6-19-11/h3-4,6-8,16H,1,5H2,2H3. The van der Waals surface area contributed by atoms with E-state index in [-0.39, 0.29) is 16.6 Å². The molecule has 5 nitrogen and oxygen atoms in total. The number of allylic oxidation sites excluding steroid dienone is 1. The van der Waals surface area contributed by atoms with Crippen molar-refractivity contribution in [3.63, 3.8) is 0 Å². The van der Waals surface area contributed by atoms with Gasteiger partial charge >= 0.3 is 0 Å². The van der Waals surface area contributed by atoms with Crippen LogP contribution in [-0.2, 0) is 6.54 Å². The number of hydrogen-bond acceptors (Lipinski definition) is 5. The zero-order chi connectivity index (χ0) is 13.8. The summed E-state index contributed by atoms with van der Waals surface area (Å²) < 4.78 is 1.26. The van der Waals surface area contributed by atoms with E-state index in [0.29, 0.717) is 12.2 Å². The summed E-state index contributed by atoms with van der Waals surface area (Å²) in [5, 5.41) is 10.1. The van der Waals surface area contributed by atoms with Gasteiger partial charge in [-0.2, -0.15) is 5.10 Å². The molecule has 1 N–H and O–H groups in total. The van der Waals surface area contributed by atoms with Crippen LogP contribution in [0.1, 0.15) is 18.0 Å². The average molecular weight is 297 g/mol. The van der Waals surface area contributed by atoms with Gasteiger partial charge < -0.3 is 5.32 Å². The van der Waals surface area contributed by atoms with Gasteiger partial charge in [0.05, 0.1) is 24.5 Å². The lowest BCUT2D eigenvalue weighted by Crippen LogP contribution is -2.24. The molecule has 2 rings (SSSR count). The van der Waals surface area contributed by atoms with Gasteiger partial charge in [0.15, 0.2) is 0 Å². The van der Waals surface area contributed by atoms with Crippen LogP contribution in [0.2, 0.25) is 5.02 Å². The molecule has 0 fully saturated rings. The minimum atomic E-state index is -0.335. The molecule has 7 heteroatoms. The fourth-order valence-corrected chi connectivity index (χ4v) is 2.41. The van der Waals surface area contributed by atoms with E-state index in [9.17, 15) is 4.79 Å². The number of nitrogens with one attached hydrogen (secondary N) is 1. The van der Waals surface area contributed by atoms with E-state index in [1.54, 1.807) is 12.3 Å². The third kappa shape index (κ3) is 3.02. The Kier molecular flexibility index (Phi) is 4.34. The number of thiazole rings is 1. The first kappa shape index (κ1) is 13.8. The summed E-state index contributed by atoms with van der Waals surface area (Å²) in [6, 6.07) is -0.0334. The van der Waals surface area contributed by atoms with Gasteiger partial charge in [0.1, 0.15) is 10.0 Å². The highest BCUT2D eigenvalue weighted by Crippen LogP contribution is 2.23. The summed E-state index contributed by atoms with van der Waals surface area (Å²) in [4.78, 5) is 16.1. The van der Waals surface area contributed by atoms with Crippen molar-refractivity contribution < 1.29 is 0 Å². The van der Waals surface area contributed by atoms with Crippen LogP contribution in [0.3, 0.4) is 0 Å². The maximum absolute atomic E-state index is 11.9. The maximum atomic E-state index is 11.9. The van der Waals surface area contributed by atoms with Crippen LogP contribution in [-0.4, -0.2) is 14.8 Å². The predicted molar refractivity (Wildman–Crippen MR) is 77.9 cm³/mol. The van der Waals surface area contributed by atoms with Crippen LogP contribution in [0.5, 0.6) is 0 Å². The van der Waals surface area contributed by atoms with Gasteiger partial charge in [0, 0.05) is 11.6 Å². The van der Waals surface area contributed by atoms with E-state index in [1.165, 1.54) is 22.2 Å². The lowest BCUT2D eigenvalue weighted by molar-refractivity contribution is 0.652. The molecule has 0 aromatic carbocycles. The Bertz CT molecular complexity index is 623. The lowest BCUT2D eigenvalue weighted by atomic mass is 10.3. The van der Waals surface area contributed by atoms with Crippen molar-refractivity contribution in [1.29, 1.82) is 0 Å². The Labute approximate surface area is 119 Å². The van der Waals surface area contributed by atoms with Crippen LogP contribution in [0.25, 0.3) is 0 Å². The van der Waals surface area contributed by atoms with E-state index in [1.807, 2.05) is 12.3 Å². The van der Waals surface area contributed by atoms with E-state index >= 15 is 0 Å². The summed E-state index contributed by atoms with van der Waals surface area (Å²) >= 11 is 7.59. The summed E-state index contributed by atoms with van der Waals surface area (Å²) in [5.41, 5.74) is 0.174. The second-order valence-corrected chi connectivity index (χ2v) is 5.19. The molecule has 0 bridgehead atoms. The van der Waals surface area contributed by atoms with Gasteiger partial charge in [0.2, 0.25) is 0 Å². The molecule has 2 aromatic heterocycles. The molecule has 0 aliphatic carbocycles. The fraction of sp³-hybridized carbons (Fsp3) is 0.250. The van der Waals surface area contributed by atoms with Gasteiger partial charge in [-0.25, -0.2) is 9.67 Å². The Morgan fingerprint density at radius 3 is 3.11 bits per heavy atom. The highest BCUT2D eigenvalue weighted by molar-refractivity contribution is 7.09. The molecule has 1 unspecified atom stereocenters. The molecule has 0 spiro atoms. The molecule has 1 atom stereocenters. The van der Waals surface area contributed by atoms with Gasteiger partial charge in [-0.3, -0.25) is 4.79 Å². The van der Waals surface area contributed by atoms with Gasteiger partial charge in [-0.05, 0) is 6.92 Å². The largest absolute Gasteiger partial charge is 0.373 e. The molecule has 0 aliphatic rings. The number of nitrogens with zero attached hydrogens (tertiary/aromatic N) is 3. The van der Waals surface area contributed by atoms with Crippen LogP contribution in [0, 0.1) is 0 Å². The lowest BCUT2D eigenvalue weighted by Gasteiger charge is -2.14. The van der Waals surface area contributed by atoms with Crippen LogP contribution in [0.4, 0.5) is 5.69 Å². The minimum Gasteiger partial charge on any atom is -0.373 e. The number of rotatable bonds is 5. The monoisotopic (exact) mass is 296 g/mol. The van der Waals surface area contributed by atoms with E-state index < -0.39 is 0 Å². The fourth-order valence-electron chi connectivity index (χ4n) is 1.56. The van der Waals surface area contributed by atoms with Gasteiger partial charge in [0.25, 0.3) is 5.56 Å². The smallest absolute Gasteiger partial charge is 0.287 e. The van der Waals surface area contributed by atoms with Gasteiger partial charge in [-0.15, -0.1) is 17.9 Å². The normalized spacial score (nSPS) is 12.1. The summed E-state index contributed by atoms with van der Waals surface area (Å²) in [7, 11) is 0. The van der Waals surface area contributed by atoms with Gasteiger partial charge in [-0.1, -0.05) is 17.7 Å². The summed E-state index contributed by atoms with van der Waals surface area (Å²) in [6.07, 6.45) is 4.87. The van der Waals surface area contributed by atoms with E-state index in [2.05, 4.69) is 22.0 Å². The molecule has 0 amide bonds. The maximum Gasteiger partial charge on any atom is 0.287 e. The molecule has 0 saturated carbocycles. The van der Waals surface area contributed by atoms with Crippen molar-refractivity contribution in [2.24, 2.45) is 0 Å². The molecule has 2 aromatic rings. The molecular weight excluding hydrogens is 284 g/mol. The topological polar surface area (TPSA) is 59.8 Å². The molecule has 0 radical (unpaired) electrons. The van der Waals surface area contributed by atoms with Crippen molar-refractivity contribution >= 4 is 28.6 Å². The molecular formula is C12H13ClN4OS. The van der Waals surface area contributed by atoms with Crippen molar-refractivity contribution in [2.75, 3.05) is 5.32 Å². The molecule has 0 saturated heterocycles. The second-order valence-electron chi connectivity index (χ2n) is 3.88. The highest BCUT2D eigenvalue weighted by Gasteiger charge is 2.13. The first-order valence-corrected chi connectivity index (χ1v) is 6.91. The Morgan fingerprint density at radius 1 is 1.68 bits per heavy atom. The third-order valence-electron chi connectivity index (χ3n) is 2.48. The Hall–Kier alpha value is -1.66. The quantitative estimate of drug-likeness (QED) is 0.862. The molecule has 19 heavy (non-hydrogen) atoms. The van der Waals surface area contributed by atoms with E-state index in [4.69, 9.17) is 11.6 Å². The van der Waals surface area contributed by atoms with Crippen molar-refractivity contribution in [2.45, 2.75) is 19.5 Å². The number of aromatic nitrogens is 3. The summed E-state index contributed by atoms with van der Waals surface area (Å²) in [5.74, 6) is 0. The zero-order valence-corrected chi connectivity index (χ0v) is 11.9. The number of anilines is 1. The third-order valence-corrected chi connectivity index (χ3v) is 3.80. The first-order valence-electron chi connectivity index (χ1n) is 5.66. The highest BCUT2D eigenvalue weighted by atomic mass is 35.5. The Balaban J connectivity index is 2.24. The number of halogens is 1. The second kappa shape index (κ2) is 5.99. The first-order chi connectivity index (χ1) is 9.13. The molecule has 0 aliphatic heterocycles. The van der Waals surface area contributed by atoms with Crippen molar-refractivity contribution in [3.8, 4) is 0 Å². The average Bonchev–Trinajstić information content (AvgIpc) is 2.92. The van der Waals surface area contributed by atoms with Crippen LogP contribution < -0.4 is 10.9 Å².